The molecule has 0 aromatic heterocycles. The molecule has 3 rings (SSSR count). The number of hydrogen-bond acceptors (Lipinski definition) is 3. The number of carbonyl (C=O) groups is 2. The Labute approximate surface area is 107 Å². The number of cyclic esters (lactones) is 1. The standard InChI is InChI=1S/C15H18O3/c1-9-4-2-3-5-12(16)13-10-6-7-11(8-10)14(13)15(17)18-9/h3,5-7,9-11,13-14H,2,4,8H2,1H3/b5-3+. The molecule has 1 saturated carbocycles. The minimum absolute atomic E-state index is 0.0564. The second-order valence-electron chi connectivity index (χ2n) is 5.63. The first kappa shape index (κ1) is 11.7. The lowest BCUT2D eigenvalue weighted by Crippen LogP contribution is -2.35. The van der Waals surface area contributed by atoms with Gasteiger partial charge in [-0.1, -0.05) is 18.2 Å². The third-order valence-electron chi connectivity index (χ3n) is 4.40. The first-order valence-electron chi connectivity index (χ1n) is 6.76. The molecule has 2 aliphatic carbocycles. The molecule has 1 fully saturated rings. The fraction of sp³-hybridized carbons (Fsp3) is 0.600. The Hall–Kier alpha value is -1.38. The Balaban J connectivity index is 1.93. The molecule has 3 aliphatic rings. The highest BCUT2D eigenvalue weighted by Gasteiger charge is 2.51. The van der Waals surface area contributed by atoms with Crippen LogP contribution in [0.1, 0.15) is 26.2 Å². The van der Waals surface area contributed by atoms with Crippen molar-refractivity contribution in [2.45, 2.75) is 32.3 Å². The molecule has 18 heavy (non-hydrogen) atoms. The van der Waals surface area contributed by atoms with Crippen molar-refractivity contribution in [2.75, 3.05) is 0 Å². The summed E-state index contributed by atoms with van der Waals surface area (Å²) in [6, 6.07) is 0. The molecule has 5 unspecified atom stereocenters. The molecule has 0 amide bonds. The molecule has 1 aliphatic heterocycles. The van der Waals surface area contributed by atoms with Gasteiger partial charge in [-0.2, -0.15) is 0 Å². The lowest BCUT2D eigenvalue weighted by molar-refractivity contribution is -0.157. The van der Waals surface area contributed by atoms with E-state index in [9.17, 15) is 9.59 Å². The molecular weight excluding hydrogens is 228 g/mol. The molecule has 0 aromatic rings. The van der Waals surface area contributed by atoms with E-state index in [-0.39, 0.29) is 41.5 Å². The van der Waals surface area contributed by atoms with Crippen LogP contribution in [0.2, 0.25) is 0 Å². The summed E-state index contributed by atoms with van der Waals surface area (Å²) in [7, 11) is 0. The number of rotatable bonds is 0. The normalized spacial score (nSPS) is 44.6. The number of carbonyl (C=O) groups excluding carboxylic acids is 2. The summed E-state index contributed by atoms with van der Waals surface area (Å²) in [6.45, 7) is 1.92. The molecular formula is C15H18O3. The first-order valence-corrected chi connectivity index (χ1v) is 6.76. The Kier molecular flexibility index (Phi) is 2.84. The van der Waals surface area contributed by atoms with Gasteiger partial charge in [0.15, 0.2) is 5.78 Å². The van der Waals surface area contributed by atoms with Crippen molar-refractivity contribution in [3.8, 4) is 0 Å². The topological polar surface area (TPSA) is 43.4 Å². The molecule has 0 saturated heterocycles. The highest BCUT2D eigenvalue weighted by Crippen LogP contribution is 2.49. The van der Waals surface area contributed by atoms with Gasteiger partial charge in [-0.25, -0.2) is 0 Å². The molecule has 2 bridgehead atoms. The van der Waals surface area contributed by atoms with E-state index in [2.05, 4.69) is 12.2 Å². The Bertz CT molecular complexity index is 435. The van der Waals surface area contributed by atoms with E-state index in [1.807, 2.05) is 13.0 Å². The summed E-state index contributed by atoms with van der Waals surface area (Å²) in [6.07, 6.45) is 10.2. The second-order valence-corrected chi connectivity index (χ2v) is 5.63. The van der Waals surface area contributed by atoms with Crippen LogP contribution < -0.4 is 0 Å². The number of ketones is 1. The minimum Gasteiger partial charge on any atom is -0.462 e. The molecule has 3 heteroatoms. The predicted octanol–water partition coefficient (Wildman–Crippen LogP) is 2.28. The van der Waals surface area contributed by atoms with E-state index < -0.39 is 0 Å². The molecule has 3 nitrogen and oxygen atoms in total. The summed E-state index contributed by atoms with van der Waals surface area (Å²) < 4.78 is 5.48. The fourth-order valence-electron chi connectivity index (χ4n) is 3.51. The highest BCUT2D eigenvalue weighted by molar-refractivity contribution is 5.96. The lowest BCUT2D eigenvalue weighted by Gasteiger charge is -2.26. The van der Waals surface area contributed by atoms with Crippen LogP contribution in [-0.4, -0.2) is 17.9 Å². The van der Waals surface area contributed by atoms with Crippen LogP contribution in [0, 0.1) is 23.7 Å². The average molecular weight is 246 g/mol. The van der Waals surface area contributed by atoms with Gasteiger partial charge in [0.05, 0.1) is 12.0 Å². The average Bonchev–Trinajstić information content (AvgIpc) is 2.93. The molecule has 0 radical (unpaired) electrons. The predicted molar refractivity (Wildman–Crippen MR) is 66.7 cm³/mol. The maximum absolute atomic E-state index is 12.2. The van der Waals surface area contributed by atoms with Crippen molar-refractivity contribution in [3.63, 3.8) is 0 Å². The monoisotopic (exact) mass is 246 g/mol. The van der Waals surface area contributed by atoms with E-state index in [1.165, 1.54) is 0 Å². The number of ether oxygens (including phenoxy) is 1. The lowest BCUT2D eigenvalue weighted by atomic mass is 9.80. The van der Waals surface area contributed by atoms with Gasteiger partial charge in [0.1, 0.15) is 0 Å². The number of esters is 1. The van der Waals surface area contributed by atoms with Gasteiger partial charge >= 0.3 is 5.97 Å². The summed E-state index contributed by atoms with van der Waals surface area (Å²) in [4.78, 5) is 24.4. The van der Waals surface area contributed by atoms with Crippen LogP contribution in [0.25, 0.3) is 0 Å². The van der Waals surface area contributed by atoms with Gasteiger partial charge in [-0.15, -0.1) is 0 Å². The van der Waals surface area contributed by atoms with E-state index in [1.54, 1.807) is 6.08 Å². The van der Waals surface area contributed by atoms with Crippen LogP contribution in [0.15, 0.2) is 24.3 Å². The van der Waals surface area contributed by atoms with Crippen molar-refractivity contribution in [3.05, 3.63) is 24.3 Å². The second kappa shape index (κ2) is 4.38. The minimum atomic E-state index is -0.252. The van der Waals surface area contributed by atoms with Crippen LogP contribution in [0.5, 0.6) is 0 Å². The van der Waals surface area contributed by atoms with Crippen LogP contribution in [0.3, 0.4) is 0 Å². The number of hydrogen-bond donors (Lipinski definition) is 0. The van der Waals surface area contributed by atoms with Gasteiger partial charge in [0.25, 0.3) is 0 Å². The van der Waals surface area contributed by atoms with Crippen molar-refractivity contribution >= 4 is 11.8 Å². The maximum atomic E-state index is 12.2. The van der Waals surface area contributed by atoms with Gasteiger partial charge in [0, 0.05) is 5.92 Å². The summed E-state index contributed by atoms with van der Waals surface area (Å²) in [5.41, 5.74) is 0. The molecule has 0 N–H and O–H groups in total. The van der Waals surface area contributed by atoms with Crippen LogP contribution >= 0.6 is 0 Å². The Morgan fingerprint density at radius 3 is 2.67 bits per heavy atom. The molecule has 5 atom stereocenters. The third kappa shape index (κ3) is 1.82. The number of fused-ring (bicyclic) bond motifs is 5. The van der Waals surface area contributed by atoms with Gasteiger partial charge in [-0.3, -0.25) is 9.59 Å². The summed E-state index contributed by atoms with van der Waals surface area (Å²) in [5.74, 6) is -0.0704. The van der Waals surface area contributed by atoms with E-state index in [4.69, 9.17) is 4.74 Å². The molecule has 96 valence electrons. The maximum Gasteiger partial charge on any atom is 0.310 e. The molecule has 0 aromatic carbocycles. The Morgan fingerprint density at radius 1 is 1.17 bits per heavy atom. The van der Waals surface area contributed by atoms with Crippen molar-refractivity contribution in [1.29, 1.82) is 0 Å². The largest absolute Gasteiger partial charge is 0.462 e. The van der Waals surface area contributed by atoms with Crippen LogP contribution in [0.4, 0.5) is 0 Å². The van der Waals surface area contributed by atoms with Gasteiger partial charge in [-0.05, 0) is 44.1 Å². The zero-order valence-corrected chi connectivity index (χ0v) is 10.5. The quantitative estimate of drug-likeness (QED) is 0.486. The van der Waals surface area contributed by atoms with Crippen molar-refractivity contribution in [2.24, 2.45) is 23.7 Å². The SMILES string of the molecule is CC1CC/C=C/C(=O)C2C3C=CC(C3)C2C(=O)O1. The zero-order valence-electron chi connectivity index (χ0n) is 10.5. The fourth-order valence-corrected chi connectivity index (χ4v) is 3.51. The summed E-state index contributed by atoms with van der Waals surface area (Å²) in [5, 5.41) is 0. The van der Waals surface area contributed by atoms with Gasteiger partial charge < -0.3 is 4.74 Å². The molecule has 0 spiro atoms. The van der Waals surface area contributed by atoms with Gasteiger partial charge in [0.2, 0.25) is 0 Å². The smallest absolute Gasteiger partial charge is 0.310 e. The van der Waals surface area contributed by atoms with E-state index in [0.717, 1.165) is 19.3 Å². The number of allylic oxidation sites excluding steroid dienone is 4. The van der Waals surface area contributed by atoms with E-state index >= 15 is 0 Å². The summed E-state index contributed by atoms with van der Waals surface area (Å²) >= 11 is 0. The van der Waals surface area contributed by atoms with Crippen molar-refractivity contribution < 1.29 is 14.3 Å². The molecule has 1 heterocycles. The highest BCUT2D eigenvalue weighted by atomic mass is 16.5. The van der Waals surface area contributed by atoms with Crippen molar-refractivity contribution in [1.82, 2.24) is 0 Å². The Morgan fingerprint density at radius 2 is 1.89 bits per heavy atom. The van der Waals surface area contributed by atoms with E-state index in [0.29, 0.717) is 0 Å². The van der Waals surface area contributed by atoms with Crippen LogP contribution in [-0.2, 0) is 14.3 Å². The zero-order chi connectivity index (χ0) is 12.7. The third-order valence-corrected chi connectivity index (χ3v) is 4.40. The first-order chi connectivity index (χ1) is 8.66.